The van der Waals surface area contributed by atoms with Crippen molar-refractivity contribution in [3.8, 4) is 55.9 Å². The zero-order valence-corrected chi connectivity index (χ0v) is 27.7. The molecule has 10 rings (SSSR count). The molecule has 0 aliphatic rings. The Morgan fingerprint density at radius 1 is 0.400 bits per heavy atom. The van der Waals surface area contributed by atoms with E-state index in [1.165, 1.54) is 30.9 Å². The van der Waals surface area contributed by atoms with Crippen LogP contribution in [0.4, 0.5) is 0 Å². The lowest BCUT2D eigenvalue weighted by Crippen LogP contribution is -2.02. The fourth-order valence-electron chi connectivity index (χ4n) is 7.52. The van der Waals surface area contributed by atoms with Gasteiger partial charge in [-0.1, -0.05) is 146 Å². The number of aromatic amines is 1. The molecule has 7 aromatic carbocycles. The molecule has 0 spiro atoms. The molecule has 234 valence electrons. The van der Waals surface area contributed by atoms with Gasteiger partial charge in [0.2, 0.25) is 0 Å². The number of fused-ring (bicyclic) bond motifs is 6. The lowest BCUT2D eigenvalue weighted by molar-refractivity contribution is 0.879. The van der Waals surface area contributed by atoms with Gasteiger partial charge in [-0.15, -0.1) is 21.5 Å². The normalized spacial score (nSPS) is 11.6. The Hall–Kier alpha value is -6.43. The van der Waals surface area contributed by atoms with Crippen LogP contribution in [0.15, 0.2) is 164 Å². The smallest absolute Gasteiger partial charge is 0.105 e. The molecule has 50 heavy (non-hydrogen) atoms. The van der Waals surface area contributed by atoms with Crippen LogP contribution in [0, 0.1) is 0 Å². The van der Waals surface area contributed by atoms with Crippen LogP contribution in [0.3, 0.4) is 0 Å². The average Bonchev–Trinajstić information content (AvgIpc) is 3.77. The number of rotatable bonds is 5. The van der Waals surface area contributed by atoms with Crippen LogP contribution < -0.4 is 0 Å². The van der Waals surface area contributed by atoms with Crippen molar-refractivity contribution in [2.75, 3.05) is 0 Å². The van der Waals surface area contributed by atoms with Crippen LogP contribution in [0.2, 0.25) is 0 Å². The van der Waals surface area contributed by atoms with Gasteiger partial charge in [-0.05, 0) is 45.7 Å². The first-order chi connectivity index (χ1) is 24.8. The van der Waals surface area contributed by atoms with Gasteiger partial charge in [0, 0.05) is 58.7 Å². The standard InChI is InChI=1S/C45H28N4S/c1-2-14-28(15-3-1)29-16-4-7-20-33(29)44-42(45(48-49-47-44)37-24-13-27-40-41(37)36-21-9-11-26-39(36)50-40)32-19-6-5-17-30(32)34-22-12-23-35-31-18-8-10-25-38(31)46-43(34)35/h1-27,46H. The maximum atomic E-state index is 4.92. The molecule has 0 fully saturated rings. The molecule has 0 aliphatic carbocycles. The molecule has 4 nitrogen and oxygen atoms in total. The number of thiophene rings is 1. The van der Waals surface area contributed by atoms with Gasteiger partial charge >= 0.3 is 0 Å². The highest BCUT2D eigenvalue weighted by Gasteiger charge is 2.25. The first-order valence-electron chi connectivity index (χ1n) is 16.7. The quantitative estimate of drug-likeness (QED) is 0.201. The summed E-state index contributed by atoms with van der Waals surface area (Å²) in [5.74, 6) is 0. The minimum absolute atomic E-state index is 0.794. The van der Waals surface area contributed by atoms with E-state index in [1.54, 1.807) is 0 Å². The molecule has 5 heteroatoms. The minimum atomic E-state index is 0.794. The molecular weight excluding hydrogens is 629 g/mol. The topological polar surface area (TPSA) is 54.5 Å². The SMILES string of the molecule is c1ccc(-c2ccccc2-c2nnnc(-c3cccc4sc5ccccc5c34)c2-c2ccccc2-c2cccc3c2[nH]c2ccccc23)cc1. The summed E-state index contributed by atoms with van der Waals surface area (Å²) in [7, 11) is 0. The minimum Gasteiger partial charge on any atom is -0.354 e. The van der Waals surface area contributed by atoms with Crippen LogP contribution >= 0.6 is 11.3 Å². The highest BCUT2D eigenvalue weighted by molar-refractivity contribution is 7.25. The highest BCUT2D eigenvalue weighted by Crippen LogP contribution is 2.48. The molecular formula is C45H28N4S. The van der Waals surface area contributed by atoms with Gasteiger partial charge in [0.25, 0.3) is 0 Å². The Balaban J connectivity index is 1.32. The fraction of sp³-hybridized carbons (Fsp3) is 0. The summed E-state index contributed by atoms with van der Waals surface area (Å²) in [6, 6.07) is 57.9. The molecule has 0 radical (unpaired) electrons. The number of H-pyrrole nitrogens is 1. The van der Waals surface area contributed by atoms with E-state index in [9.17, 15) is 0 Å². The molecule has 0 amide bonds. The predicted molar refractivity (Wildman–Crippen MR) is 209 cm³/mol. The van der Waals surface area contributed by atoms with Crippen molar-refractivity contribution >= 4 is 53.3 Å². The third-order valence-electron chi connectivity index (χ3n) is 9.72. The van der Waals surface area contributed by atoms with Crippen molar-refractivity contribution in [1.82, 2.24) is 20.4 Å². The number of para-hydroxylation sites is 2. The largest absolute Gasteiger partial charge is 0.354 e. The van der Waals surface area contributed by atoms with Crippen LogP contribution in [-0.2, 0) is 0 Å². The summed E-state index contributed by atoms with van der Waals surface area (Å²) in [5, 5.41) is 19.1. The zero-order valence-electron chi connectivity index (χ0n) is 26.8. The molecule has 0 bridgehead atoms. The molecule has 10 aromatic rings. The van der Waals surface area contributed by atoms with E-state index < -0.39 is 0 Å². The number of hydrogen-bond acceptors (Lipinski definition) is 4. The van der Waals surface area contributed by atoms with E-state index in [0.717, 1.165) is 66.9 Å². The van der Waals surface area contributed by atoms with Crippen LogP contribution in [0.5, 0.6) is 0 Å². The zero-order chi connectivity index (χ0) is 33.0. The number of aromatic nitrogens is 4. The first-order valence-corrected chi connectivity index (χ1v) is 17.5. The van der Waals surface area contributed by atoms with Gasteiger partial charge in [-0.2, -0.15) is 0 Å². The van der Waals surface area contributed by atoms with Crippen LogP contribution in [0.25, 0.3) is 97.9 Å². The fourth-order valence-corrected chi connectivity index (χ4v) is 8.65. The molecule has 0 aliphatic heterocycles. The molecule has 1 N–H and O–H groups in total. The van der Waals surface area contributed by atoms with Crippen LogP contribution in [0.1, 0.15) is 0 Å². The molecule has 0 atom stereocenters. The summed E-state index contributed by atoms with van der Waals surface area (Å²) in [6.07, 6.45) is 0. The maximum absolute atomic E-state index is 4.92. The predicted octanol–water partition coefficient (Wildman–Crippen LogP) is 12.2. The third-order valence-corrected chi connectivity index (χ3v) is 10.9. The van der Waals surface area contributed by atoms with Crippen molar-refractivity contribution in [2.24, 2.45) is 0 Å². The van der Waals surface area contributed by atoms with Crippen LogP contribution in [-0.4, -0.2) is 20.4 Å². The van der Waals surface area contributed by atoms with Gasteiger partial charge in [-0.3, -0.25) is 0 Å². The second-order valence-electron chi connectivity index (χ2n) is 12.5. The Labute approximate surface area is 292 Å². The molecule has 3 aromatic heterocycles. The second kappa shape index (κ2) is 11.6. The van der Waals surface area contributed by atoms with Crippen molar-refractivity contribution in [1.29, 1.82) is 0 Å². The number of nitrogens with zero attached hydrogens (tertiary/aromatic N) is 3. The summed E-state index contributed by atoms with van der Waals surface area (Å²) >= 11 is 1.81. The third kappa shape index (κ3) is 4.48. The lowest BCUT2D eigenvalue weighted by Gasteiger charge is -2.19. The maximum Gasteiger partial charge on any atom is 0.105 e. The van der Waals surface area contributed by atoms with Crippen molar-refractivity contribution in [2.45, 2.75) is 0 Å². The van der Waals surface area contributed by atoms with E-state index in [-0.39, 0.29) is 0 Å². The summed E-state index contributed by atoms with van der Waals surface area (Å²) in [5.41, 5.74) is 12.3. The van der Waals surface area contributed by atoms with Gasteiger partial charge in [0.05, 0.1) is 5.52 Å². The second-order valence-corrected chi connectivity index (χ2v) is 13.6. The summed E-state index contributed by atoms with van der Waals surface area (Å²) in [6.45, 7) is 0. The van der Waals surface area contributed by atoms with Gasteiger partial charge in [0.15, 0.2) is 0 Å². The van der Waals surface area contributed by atoms with Gasteiger partial charge < -0.3 is 4.98 Å². The Morgan fingerprint density at radius 2 is 0.980 bits per heavy atom. The van der Waals surface area contributed by atoms with E-state index >= 15 is 0 Å². The Morgan fingerprint density at radius 3 is 1.84 bits per heavy atom. The monoisotopic (exact) mass is 656 g/mol. The van der Waals surface area contributed by atoms with E-state index in [2.05, 4.69) is 174 Å². The van der Waals surface area contributed by atoms with Gasteiger partial charge in [-0.25, -0.2) is 0 Å². The number of hydrogen-bond donors (Lipinski definition) is 1. The average molecular weight is 657 g/mol. The summed E-state index contributed by atoms with van der Waals surface area (Å²) in [4.78, 5) is 3.75. The Kier molecular flexibility index (Phi) is 6.64. The first kappa shape index (κ1) is 28.6. The van der Waals surface area contributed by atoms with Crippen molar-refractivity contribution in [3.05, 3.63) is 164 Å². The van der Waals surface area contributed by atoms with E-state index in [1.807, 2.05) is 11.3 Å². The van der Waals surface area contributed by atoms with Crippen molar-refractivity contribution < 1.29 is 0 Å². The number of benzene rings is 7. The highest BCUT2D eigenvalue weighted by atomic mass is 32.1. The molecule has 3 heterocycles. The molecule has 0 saturated carbocycles. The van der Waals surface area contributed by atoms with E-state index in [4.69, 9.17) is 10.2 Å². The van der Waals surface area contributed by atoms with Gasteiger partial charge in [0.1, 0.15) is 11.4 Å². The van der Waals surface area contributed by atoms with E-state index in [0.29, 0.717) is 0 Å². The Bertz CT molecular complexity index is 2890. The molecule has 0 unspecified atom stereocenters. The number of nitrogens with one attached hydrogen (secondary N) is 1. The molecule has 0 saturated heterocycles. The summed E-state index contributed by atoms with van der Waals surface area (Å²) < 4.78 is 2.47. The lowest BCUT2D eigenvalue weighted by atomic mass is 9.86. The van der Waals surface area contributed by atoms with Crippen molar-refractivity contribution in [3.63, 3.8) is 0 Å².